The molecule has 3 N–H and O–H groups in total. The van der Waals surface area contributed by atoms with Gasteiger partial charge in [0, 0.05) is 25.4 Å². The van der Waals surface area contributed by atoms with Gasteiger partial charge in [-0.25, -0.2) is 0 Å². The molecule has 4 rings (SSSR count). The van der Waals surface area contributed by atoms with Crippen LogP contribution in [0.5, 0.6) is 0 Å². The van der Waals surface area contributed by atoms with Crippen LogP contribution < -0.4 is 10.6 Å². The van der Waals surface area contributed by atoms with Gasteiger partial charge in [0.25, 0.3) is 0 Å². The Bertz CT molecular complexity index is 893. The first-order valence-corrected chi connectivity index (χ1v) is 12.1. The second kappa shape index (κ2) is 9.43. The van der Waals surface area contributed by atoms with Gasteiger partial charge in [-0.05, 0) is 51.2 Å². The van der Waals surface area contributed by atoms with Crippen LogP contribution in [0.15, 0.2) is 30.3 Å². The lowest BCUT2D eigenvalue weighted by Gasteiger charge is -2.33. The van der Waals surface area contributed by atoms with Crippen molar-refractivity contribution in [2.24, 2.45) is 11.8 Å². The molecule has 3 heterocycles. The van der Waals surface area contributed by atoms with Crippen LogP contribution in [0.1, 0.15) is 52.4 Å². The van der Waals surface area contributed by atoms with Gasteiger partial charge in [-0.1, -0.05) is 31.5 Å². The lowest BCUT2D eigenvalue weighted by Crippen LogP contribution is -2.55. The monoisotopic (exact) mass is 457 g/mol. The summed E-state index contributed by atoms with van der Waals surface area (Å²) in [7, 11) is 0. The molecule has 3 aliphatic heterocycles. The summed E-state index contributed by atoms with van der Waals surface area (Å²) in [6, 6.07) is 8.42. The van der Waals surface area contributed by atoms with Gasteiger partial charge >= 0.3 is 0 Å². The lowest BCUT2D eigenvalue weighted by molar-refractivity contribution is -0.145. The zero-order valence-electron chi connectivity index (χ0n) is 19.5. The van der Waals surface area contributed by atoms with E-state index >= 15 is 0 Å². The van der Waals surface area contributed by atoms with E-state index in [9.17, 15) is 19.5 Å². The number of hydrogen-bond acceptors (Lipinski definition) is 5. The predicted molar refractivity (Wildman–Crippen MR) is 123 cm³/mol. The number of rotatable bonds is 10. The number of anilines is 1. The molecule has 1 aromatic rings. The number of aliphatic hydroxyl groups is 1. The highest BCUT2D eigenvalue weighted by atomic mass is 16.5. The minimum absolute atomic E-state index is 0.0284. The number of benzene rings is 1. The number of unbranched alkanes of at least 4 members (excludes halogenated alkanes) is 2. The molecule has 8 heteroatoms. The average Bonchev–Trinajstić information content (AvgIpc) is 3.36. The molecular formula is C25H35N3O5. The molecule has 0 saturated carbocycles. The van der Waals surface area contributed by atoms with Gasteiger partial charge in [-0.3, -0.25) is 14.4 Å². The largest absolute Gasteiger partial charge is 0.396 e. The van der Waals surface area contributed by atoms with E-state index in [4.69, 9.17) is 4.74 Å². The molecule has 5 atom stereocenters. The average molecular weight is 458 g/mol. The standard InChI is InChI=1S/C25H35N3O5/c1-3-4-14-26-22(31)20-25-13-12-24(2,33-25)18(21(30)27-17-10-6-5-7-11-17)19(25)23(32)28(20)15-8-9-16-29/h5-7,10-11,18-20,29H,3-4,8-9,12-16H2,1-2H3,(H,26,31)(H,27,30)/t18-,19-,20?,24+,25?/m0/s1. The van der Waals surface area contributed by atoms with Crippen molar-refractivity contribution >= 4 is 23.4 Å². The highest BCUT2D eigenvalue weighted by Crippen LogP contribution is 2.63. The fraction of sp³-hybridized carbons (Fsp3) is 0.640. The number of fused-ring (bicyclic) bond motifs is 1. The normalized spacial score (nSPS) is 32.2. The molecule has 3 aliphatic rings. The molecule has 0 aromatic heterocycles. The van der Waals surface area contributed by atoms with Crippen LogP contribution in [0.3, 0.4) is 0 Å². The van der Waals surface area contributed by atoms with Crippen LogP contribution in [0.2, 0.25) is 0 Å². The maximum atomic E-state index is 13.7. The second-order valence-corrected chi connectivity index (χ2v) is 9.69. The van der Waals surface area contributed by atoms with Crippen LogP contribution in [0.4, 0.5) is 5.69 Å². The summed E-state index contributed by atoms with van der Waals surface area (Å²) in [5.41, 5.74) is -1.12. The highest BCUT2D eigenvalue weighted by molar-refractivity contribution is 6.02. The first kappa shape index (κ1) is 23.7. The molecule has 3 saturated heterocycles. The summed E-state index contributed by atoms with van der Waals surface area (Å²) in [5, 5.41) is 15.2. The number of aliphatic hydroxyl groups excluding tert-OH is 1. The third kappa shape index (κ3) is 4.04. The Morgan fingerprint density at radius 2 is 1.91 bits per heavy atom. The van der Waals surface area contributed by atoms with E-state index in [2.05, 4.69) is 17.6 Å². The number of carbonyl (C=O) groups excluding carboxylic acids is 3. The lowest BCUT2D eigenvalue weighted by atomic mass is 9.66. The van der Waals surface area contributed by atoms with Gasteiger partial charge in [0.15, 0.2) is 0 Å². The number of likely N-dealkylation sites (tertiary alicyclic amines) is 1. The molecule has 180 valence electrons. The summed E-state index contributed by atoms with van der Waals surface area (Å²) in [4.78, 5) is 42.2. The Morgan fingerprint density at radius 1 is 1.15 bits per heavy atom. The fourth-order valence-electron chi connectivity index (χ4n) is 5.99. The zero-order valence-corrected chi connectivity index (χ0v) is 19.5. The molecule has 33 heavy (non-hydrogen) atoms. The molecule has 3 amide bonds. The SMILES string of the molecule is CCCCNC(=O)C1N(CCCCO)C(=O)[C@@H]2[C@@H](C(=O)Nc3ccccc3)[C@@]3(C)CCC12O3. The maximum absolute atomic E-state index is 13.7. The number of amides is 3. The first-order chi connectivity index (χ1) is 15.9. The predicted octanol–water partition coefficient (Wildman–Crippen LogP) is 2.08. The summed E-state index contributed by atoms with van der Waals surface area (Å²) >= 11 is 0. The molecule has 0 aliphatic carbocycles. The van der Waals surface area contributed by atoms with Crippen molar-refractivity contribution in [3.8, 4) is 0 Å². The zero-order chi connectivity index (χ0) is 23.6. The van der Waals surface area contributed by atoms with Gasteiger partial charge < -0.3 is 25.4 Å². The number of nitrogens with one attached hydrogen (secondary N) is 2. The van der Waals surface area contributed by atoms with Crippen molar-refractivity contribution in [3.63, 3.8) is 0 Å². The Hall–Kier alpha value is -2.45. The summed E-state index contributed by atoms with van der Waals surface area (Å²) < 4.78 is 6.56. The Balaban J connectivity index is 1.64. The number of nitrogens with zero attached hydrogens (tertiary/aromatic N) is 1. The van der Waals surface area contributed by atoms with Crippen molar-refractivity contribution in [2.75, 3.05) is 25.0 Å². The van der Waals surface area contributed by atoms with E-state index in [1.165, 1.54) is 0 Å². The Labute approximate surface area is 195 Å². The number of carbonyl (C=O) groups is 3. The van der Waals surface area contributed by atoms with Gasteiger partial charge in [0.2, 0.25) is 17.7 Å². The number of hydrogen-bond donors (Lipinski definition) is 3. The number of para-hydroxylation sites is 1. The van der Waals surface area contributed by atoms with Gasteiger partial charge in [-0.15, -0.1) is 0 Å². The first-order valence-electron chi connectivity index (χ1n) is 12.1. The van der Waals surface area contributed by atoms with Gasteiger partial charge in [0.1, 0.15) is 11.6 Å². The number of ether oxygens (including phenoxy) is 1. The maximum Gasteiger partial charge on any atom is 0.245 e. The van der Waals surface area contributed by atoms with Crippen LogP contribution in [0.25, 0.3) is 0 Å². The minimum Gasteiger partial charge on any atom is -0.396 e. The molecule has 1 spiro atoms. The van der Waals surface area contributed by atoms with Crippen molar-refractivity contribution in [1.29, 1.82) is 0 Å². The third-order valence-electron chi connectivity index (χ3n) is 7.49. The van der Waals surface area contributed by atoms with E-state index in [1.54, 1.807) is 4.90 Å². The van der Waals surface area contributed by atoms with E-state index < -0.39 is 29.1 Å². The summed E-state index contributed by atoms with van der Waals surface area (Å²) in [5.74, 6) is -2.02. The quantitative estimate of drug-likeness (QED) is 0.466. The molecule has 3 fully saturated rings. The Morgan fingerprint density at radius 3 is 2.61 bits per heavy atom. The topological polar surface area (TPSA) is 108 Å². The van der Waals surface area contributed by atoms with Crippen LogP contribution >= 0.6 is 0 Å². The van der Waals surface area contributed by atoms with E-state index in [1.807, 2.05) is 37.3 Å². The van der Waals surface area contributed by atoms with E-state index in [-0.39, 0.29) is 24.3 Å². The smallest absolute Gasteiger partial charge is 0.245 e. The molecule has 0 radical (unpaired) electrons. The minimum atomic E-state index is -1.000. The molecule has 2 unspecified atom stereocenters. The summed E-state index contributed by atoms with van der Waals surface area (Å²) in [6.07, 6.45) is 4.12. The molecular weight excluding hydrogens is 422 g/mol. The van der Waals surface area contributed by atoms with Crippen LogP contribution in [0, 0.1) is 11.8 Å². The van der Waals surface area contributed by atoms with Crippen molar-refractivity contribution in [1.82, 2.24) is 10.2 Å². The Kier molecular flexibility index (Phi) is 6.77. The third-order valence-corrected chi connectivity index (χ3v) is 7.49. The van der Waals surface area contributed by atoms with Gasteiger partial charge in [0.05, 0.1) is 17.4 Å². The van der Waals surface area contributed by atoms with Crippen molar-refractivity contribution in [3.05, 3.63) is 30.3 Å². The highest BCUT2D eigenvalue weighted by Gasteiger charge is 2.77. The molecule has 1 aromatic carbocycles. The van der Waals surface area contributed by atoms with E-state index in [0.29, 0.717) is 44.5 Å². The molecule has 8 nitrogen and oxygen atoms in total. The fourth-order valence-corrected chi connectivity index (χ4v) is 5.99. The second-order valence-electron chi connectivity index (χ2n) is 9.69. The van der Waals surface area contributed by atoms with Gasteiger partial charge in [-0.2, -0.15) is 0 Å². The summed E-state index contributed by atoms with van der Waals surface area (Å²) in [6.45, 7) is 4.88. The van der Waals surface area contributed by atoms with Crippen molar-refractivity contribution < 1.29 is 24.2 Å². The van der Waals surface area contributed by atoms with Crippen LogP contribution in [-0.2, 0) is 19.1 Å². The van der Waals surface area contributed by atoms with Crippen molar-refractivity contribution in [2.45, 2.75) is 69.6 Å². The van der Waals surface area contributed by atoms with Crippen LogP contribution in [-0.4, -0.2) is 64.7 Å². The molecule has 2 bridgehead atoms. The van der Waals surface area contributed by atoms with E-state index in [0.717, 1.165) is 12.8 Å².